The highest BCUT2D eigenvalue weighted by Crippen LogP contribution is 2.31. The van der Waals surface area contributed by atoms with Gasteiger partial charge >= 0.3 is 0 Å². The third-order valence-corrected chi connectivity index (χ3v) is 2.20. The van der Waals surface area contributed by atoms with E-state index >= 15 is 0 Å². The van der Waals surface area contributed by atoms with Crippen LogP contribution >= 0.6 is 0 Å². The molecular weight excluding hydrogens is 114 g/mol. The summed E-state index contributed by atoms with van der Waals surface area (Å²) in [5.74, 6) is 0. The predicted molar refractivity (Wildman–Crippen MR) is 37.7 cm³/mol. The second kappa shape index (κ2) is 1.49. The molecule has 1 aliphatic heterocycles. The van der Waals surface area contributed by atoms with E-state index in [0.29, 0.717) is 0 Å². The van der Waals surface area contributed by atoms with Crippen molar-refractivity contribution in [3.63, 3.8) is 0 Å². The van der Waals surface area contributed by atoms with E-state index in [0.717, 1.165) is 0 Å². The summed E-state index contributed by atoms with van der Waals surface area (Å²) >= 11 is 0. The molecule has 1 heterocycles. The largest absolute Gasteiger partial charge is 0.475 e. The van der Waals surface area contributed by atoms with E-state index < -0.39 is 0 Å². The normalized spacial score (nSPS) is 28.0. The minimum atomic E-state index is -0.132. The van der Waals surface area contributed by atoms with Gasteiger partial charge in [-0.15, -0.1) is 0 Å². The Morgan fingerprint density at radius 3 is 1.89 bits per heavy atom. The highest BCUT2D eigenvalue weighted by molar-refractivity contribution is 5.52. The predicted octanol–water partition coefficient (Wildman–Crippen LogP) is 1.60. The quantitative estimate of drug-likeness (QED) is 0.484. The van der Waals surface area contributed by atoms with Gasteiger partial charge in [-0.25, -0.2) is 4.99 Å². The lowest BCUT2D eigenvalue weighted by Crippen LogP contribution is -2.40. The Hall–Kier alpha value is -0.530. The van der Waals surface area contributed by atoms with Crippen LogP contribution in [-0.4, -0.2) is 17.5 Å². The molecule has 0 unspecified atom stereocenters. The molecule has 2 nitrogen and oxygen atoms in total. The summed E-state index contributed by atoms with van der Waals surface area (Å²) < 4.78 is 5.26. The van der Waals surface area contributed by atoms with Crippen LogP contribution in [-0.2, 0) is 4.74 Å². The van der Waals surface area contributed by atoms with Gasteiger partial charge in [-0.05, 0) is 27.7 Å². The molecule has 0 saturated carbocycles. The van der Waals surface area contributed by atoms with Crippen LogP contribution in [0.3, 0.4) is 0 Å². The fraction of sp³-hybridized carbons (Fsp3) is 0.857. The van der Waals surface area contributed by atoms with Crippen LogP contribution in [0.15, 0.2) is 4.99 Å². The Labute approximate surface area is 55.9 Å². The van der Waals surface area contributed by atoms with Crippen molar-refractivity contribution >= 4 is 6.40 Å². The zero-order valence-electron chi connectivity index (χ0n) is 6.43. The van der Waals surface area contributed by atoms with Gasteiger partial charge in [0.1, 0.15) is 5.60 Å². The molecule has 52 valence electrons. The number of rotatable bonds is 0. The molecule has 0 amide bonds. The van der Waals surface area contributed by atoms with Crippen LogP contribution in [0.4, 0.5) is 0 Å². The monoisotopic (exact) mass is 127 g/mol. The molecule has 0 saturated heterocycles. The smallest absolute Gasteiger partial charge is 0.171 e. The van der Waals surface area contributed by atoms with Gasteiger partial charge in [-0.1, -0.05) is 0 Å². The molecule has 0 aromatic rings. The van der Waals surface area contributed by atoms with E-state index in [1.54, 1.807) is 6.40 Å². The second-order valence-electron chi connectivity index (χ2n) is 3.42. The van der Waals surface area contributed by atoms with Crippen molar-refractivity contribution in [3.05, 3.63) is 0 Å². The lowest BCUT2D eigenvalue weighted by atomic mass is 9.87. The van der Waals surface area contributed by atoms with Gasteiger partial charge in [0.15, 0.2) is 6.40 Å². The summed E-state index contributed by atoms with van der Waals surface area (Å²) in [6.45, 7) is 8.22. The Bertz CT molecular complexity index is 147. The number of hydrogen-bond acceptors (Lipinski definition) is 2. The van der Waals surface area contributed by atoms with Crippen LogP contribution in [0.1, 0.15) is 27.7 Å². The third kappa shape index (κ3) is 0.824. The van der Waals surface area contributed by atoms with Crippen molar-refractivity contribution in [2.24, 2.45) is 4.99 Å². The lowest BCUT2D eigenvalue weighted by Gasteiger charge is -2.30. The molecule has 9 heavy (non-hydrogen) atoms. The van der Waals surface area contributed by atoms with E-state index in [1.165, 1.54) is 0 Å². The zero-order chi connectivity index (χ0) is 7.12. The number of aliphatic imine (C=N–C) groups is 1. The number of nitrogens with zero attached hydrogens (tertiary/aromatic N) is 1. The van der Waals surface area contributed by atoms with Crippen molar-refractivity contribution in [1.82, 2.24) is 0 Å². The summed E-state index contributed by atoms with van der Waals surface area (Å²) in [5, 5.41) is 0. The van der Waals surface area contributed by atoms with Crippen molar-refractivity contribution < 1.29 is 4.74 Å². The summed E-state index contributed by atoms with van der Waals surface area (Å²) in [4.78, 5) is 4.17. The molecule has 0 aliphatic carbocycles. The van der Waals surface area contributed by atoms with Crippen molar-refractivity contribution in [2.75, 3.05) is 0 Å². The van der Waals surface area contributed by atoms with Crippen LogP contribution < -0.4 is 0 Å². The second-order valence-corrected chi connectivity index (χ2v) is 3.42. The molecule has 0 radical (unpaired) electrons. The van der Waals surface area contributed by atoms with Gasteiger partial charge in [0.05, 0.1) is 5.54 Å². The standard InChI is InChI=1S/C7H13NO/c1-6(2)7(3,4)9-5-8-6/h5H,1-4H3. The maximum absolute atomic E-state index is 5.26. The first-order chi connectivity index (χ1) is 3.96. The number of hydrogen-bond donors (Lipinski definition) is 0. The van der Waals surface area contributed by atoms with E-state index in [1.807, 2.05) is 13.8 Å². The third-order valence-electron chi connectivity index (χ3n) is 2.20. The molecule has 0 N–H and O–H groups in total. The summed E-state index contributed by atoms with van der Waals surface area (Å²) in [6.07, 6.45) is 1.54. The first-order valence-corrected chi connectivity index (χ1v) is 3.17. The summed E-state index contributed by atoms with van der Waals surface area (Å²) in [6, 6.07) is 0. The molecule has 2 heteroatoms. The molecule has 0 aromatic carbocycles. The molecule has 0 fully saturated rings. The van der Waals surface area contributed by atoms with Gasteiger partial charge in [-0.2, -0.15) is 0 Å². The minimum Gasteiger partial charge on any atom is -0.475 e. The molecule has 1 rings (SSSR count). The highest BCUT2D eigenvalue weighted by Gasteiger charge is 2.41. The van der Waals surface area contributed by atoms with Gasteiger partial charge in [0, 0.05) is 0 Å². The molecule has 0 atom stereocenters. The van der Waals surface area contributed by atoms with Crippen molar-refractivity contribution in [1.29, 1.82) is 0 Å². The Morgan fingerprint density at radius 1 is 1.22 bits per heavy atom. The van der Waals surface area contributed by atoms with E-state index in [-0.39, 0.29) is 11.1 Å². The summed E-state index contributed by atoms with van der Waals surface area (Å²) in [7, 11) is 0. The van der Waals surface area contributed by atoms with Crippen LogP contribution in [0.5, 0.6) is 0 Å². The summed E-state index contributed by atoms with van der Waals surface area (Å²) in [5.41, 5.74) is -0.194. The topological polar surface area (TPSA) is 21.6 Å². The average Bonchev–Trinajstić information content (AvgIpc) is 1.81. The maximum atomic E-state index is 5.26. The minimum absolute atomic E-state index is 0.0625. The van der Waals surface area contributed by atoms with Crippen molar-refractivity contribution in [3.8, 4) is 0 Å². The van der Waals surface area contributed by atoms with Crippen LogP contribution in [0.25, 0.3) is 0 Å². The average molecular weight is 127 g/mol. The van der Waals surface area contributed by atoms with Gasteiger partial charge in [0.2, 0.25) is 0 Å². The van der Waals surface area contributed by atoms with Gasteiger partial charge < -0.3 is 4.74 Å². The highest BCUT2D eigenvalue weighted by atomic mass is 16.5. The van der Waals surface area contributed by atoms with Gasteiger partial charge in [-0.3, -0.25) is 0 Å². The molecule has 0 aromatic heterocycles. The molecule has 0 bridgehead atoms. The molecule has 0 spiro atoms. The number of ether oxygens (including phenoxy) is 1. The SMILES string of the molecule is CC1(C)N=COC1(C)C. The molecular formula is C7H13NO. The van der Waals surface area contributed by atoms with E-state index in [2.05, 4.69) is 18.8 Å². The van der Waals surface area contributed by atoms with Gasteiger partial charge in [0.25, 0.3) is 0 Å². The van der Waals surface area contributed by atoms with Crippen molar-refractivity contribution in [2.45, 2.75) is 38.8 Å². The lowest BCUT2D eigenvalue weighted by molar-refractivity contribution is 0.0665. The zero-order valence-corrected chi connectivity index (χ0v) is 6.43. The van der Waals surface area contributed by atoms with E-state index in [4.69, 9.17) is 4.74 Å². The first-order valence-electron chi connectivity index (χ1n) is 3.17. The fourth-order valence-electron chi connectivity index (χ4n) is 0.590. The molecule has 1 aliphatic rings. The Morgan fingerprint density at radius 2 is 1.78 bits per heavy atom. The Kier molecular flexibility index (Phi) is 1.09. The van der Waals surface area contributed by atoms with E-state index in [9.17, 15) is 0 Å². The van der Waals surface area contributed by atoms with Crippen LogP contribution in [0, 0.1) is 0 Å². The fourth-order valence-corrected chi connectivity index (χ4v) is 0.590. The maximum Gasteiger partial charge on any atom is 0.171 e. The Balaban J connectivity index is 2.84. The van der Waals surface area contributed by atoms with Crippen LogP contribution in [0.2, 0.25) is 0 Å². The first kappa shape index (κ1) is 6.59.